The van der Waals surface area contributed by atoms with Crippen molar-refractivity contribution >= 4 is 28.7 Å². The standard InChI is InChI=1S/C18H20N4OS/c1-3-22-17-9-6-14(12-16(17)20-21-22)18(23)19-10-11-24-15-7-4-13(2)5-8-15/h4-9,12H,3,10-11H2,1-2H3,(H,19,23). The van der Waals surface area contributed by atoms with Gasteiger partial charge in [0.15, 0.2) is 0 Å². The topological polar surface area (TPSA) is 59.8 Å². The number of hydrogen-bond acceptors (Lipinski definition) is 4. The second kappa shape index (κ2) is 7.49. The lowest BCUT2D eigenvalue weighted by atomic mass is 10.2. The first kappa shape index (κ1) is 16.5. The van der Waals surface area contributed by atoms with E-state index in [0.717, 1.165) is 23.3 Å². The van der Waals surface area contributed by atoms with Crippen LogP contribution < -0.4 is 5.32 Å². The highest BCUT2D eigenvalue weighted by molar-refractivity contribution is 7.99. The summed E-state index contributed by atoms with van der Waals surface area (Å²) < 4.78 is 1.81. The molecule has 0 atom stereocenters. The number of nitrogens with one attached hydrogen (secondary N) is 1. The molecular weight excluding hydrogens is 320 g/mol. The second-order valence-corrected chi connectivity index (χ2v) is 6.69. The van der Waals surface area contributed by atoms with Gasteiger partial charge in [0.2, 0.25) is 0 Å². The molecule has 1 heterocycles. The van der Waals surface area contributed by atoms with Gasteiger partial charge in [0.1, 0.15) is 5.52 Å². The van der Waals surface area contributed by atoms with E-state index in [0.29, 0.717) is 12.1 Å². The third kappa shape index (κ3) is 3.76. The zero-order valence-corrected chi connectivity index (χ0v) is 14.6. The summed E-state index contributed by atoms with van der Waals surface area (Å²) in [7, 11) is 0. The maximum atomic E-state index is 12.2. The van der Waals surface area contributed by atoms with E-state index in [1.165, 1.54) is 10.5 Å². The Hall–Kier alpha value is -2.34. The molecule has 0 aliphatic rings. The minimum absolute atomic E-state index is 0.0764. The van der Waals surface area contributed by atoms with Gasteiger partial charge in [-0.1, -0.05) is 22.9 Å². The molecule has 5 nitrogen and oxygen atoms in total. The van der Waals surface area contributed by atoms with E-state index in [2.05, 4.69) is 46.8 Å². The summed E-state index contributed by atoms with van der Waals surface area (Å²) in [5, 5.41) is 11.1. The van der Waals surface area contributed by atoms with Crippen LogP contribution >= 0.6 is 11.8 Å². The maximum Gasteiger partial charge on any atom is 0.251 e. The molecule has 0 unspecified atom stereocenters. The van der Waals surface area contributed by atoms with Crippen LogP contribution in [0.1, 0.15) is 22.8 Å². The Morgan fingerprint density at radius 3 is 2.75 bits per heavy atom. The number of aromatic nitrogens is 3. The highest BCUT2D eigenvalue weighted by Gasteiger charge is 2.09. The normalized spacial score (nSPS) is 10.9. The summed E-state index contributed by atoms with van der Waals surface area (Å²) >= 11 is 1.73. The van der Waals surface area contributed by atoms with Crippen molar-refractivity contribution in [2.45, 2.75) is 25.3 Å². The first-order chi connectivity index (χ1) is 11.7. The van der Waals surface area contributed by atoms with Crippen LogP contribution in [0.3, 0.4) is 0 Å². The molecule has 0 saturated heterocycles. The zero-order chi connectivity index (χ0) is 16.9. The predicted molar refractivity (Wildman–Crippen MR) is 97.4 cm³/mol. The fraction of sp³-hybridized carbons (Fsp3) is 0.278. The molecule has 1 aromatic heterocycles. The first-order valence-electron chi connectivity index (χ1n) is 7.98. The van der Waals surface area contributed by atoms with Crippen LogP contribution in [0.15, 0.2) is 47.4 Å². The van der Waals surface area contributed by atoms with Crippen LogP contribution in [0.5, 0.6) is 0 Å². The van der Waals surface area contributed by atoms with Crippen LogP contribution in [-0.4, -0.2) is 33.2 Å². The Kier molecular flexibility index (Phi) is 5.15. The molecular formula is C18H20N4OS. The van der Waals surface area contributed by atoms with Crippen molar-refractivity contribution < 1.29 is 4.79 Å². The van der Waals surface area contributed by atoms with Gasteiger partial charge in [-0.05, 0) is 44.2 Å². The molecule has 0 aliphatic heterocycles. The number of hydrogen-bond donors (Lipinski definition) is 1. The van der Waals surface area contributed by atoms with Gasteiger partial charge in [0.05, 0.1) is 5.52 Å². The van der Waals surface area contributed by atoms with Crippen molar-refractivity contribution in [1.82, 2.24) is 20.3 Å². The Morgan fingerprint density at radius 1 is 1.21 bits per heavy atom. The van der Waals surface area contributed by atoms with Crippen LogP contribution in [0.2, 0.25) is 0 Å². The number of benzene rings is 2. The fourth-order valence-electron chi connectivity index (χ4n) is 2.42. The highest BCUT2D eigenvalue weighted by atomic mass is 32.2. The smallest absolute Gasteiger partial charge is 0.251 e. The summed E-state index contributed by atoms with van der Waals surface area (Å²) in [5.41, 5.74) is 3.57. The molecule has 2 aromatic carbocycles. The molecule has 6 heteroatoms. The van der Waals surface area contributed by atoms with E-state index in [9.17, 15) is 4.79 Å². The van der Waals surface area contributed by atoms with Crippen molar-refractivity contribution in [3.05, 3.63) is 53.6 Å². The number of fused-ring (bicyclic) bond motifs is 1. The van der Waals surface area contributed by atoms with Crippen molar-refractivity contribution in [2.75, 3.05) is 12.3 Å². The Morgan fingerprint density at radius 2 is 2.00 bits per heavy atom. The molecule has 24 heavy (non-hydrogen) atoms. The molecule has 0 bridgehead atoms. The number of rotatable bonds is 6. The number of carbonyl (C=O) groups excluding carboxylic acids is 1. The van der Waals surface area contributed by atoms with Crippen molar-refractivity contribution in [1.29, 1.82) is 0 Å². The molecule has 1 N–H and O–H groups in total. The van der Waals surface area contributed by atoms with Gasteiger partial charge in [-0.2, -0.15) is 0 Å². The number of nitrogens with zero attached hydrogens (tertiary/aromatic N) is 3. The number of thioether (sulfide) groups is 1. The van der Waals surface area contributed by atoms with Crippen LogP contribution in [-0.2, 0) is 6.54 Å². The van der Waals surface area contributed by atoms with Gasteiger partial charge in [0.25, 0.3) is 5.91 Å². The minimum atomic E-state index is -0.0764. The summed E-state index contributed by atoms with van der Waals surface area (Å²) in [5.74, 6) is 0.760. The number of carbonyl (C=O) groups is 1. The van der Waals surface area contributed by atoms with E-state index in [1.54, 1.807) is 17.8 Å². The lowest BCUT2D eigenvalue weighted by molar-refractivity contribution is 0.0956. The molecule has 0 fully saturated rings. The third-order valence-corrected chi connectivity index (χ3v) is 4.77. The molecule has 1 amide bonds. The van der Waals surface area contributed by atoms with Gasteiger partial charge in [-0.15, -0.1) is 16.9 Å². The average Bonchev–Trinajstić information content (AvgIpc) is 3.02. The van der Waals surface area contributed by atoms with Crippen LogP contribution in [0, 0.1) is 6.92 Å². The molecule has 3 aromatic rings. The van der Waals surface area contributed by atoms with Gasteiger partial charge in [0, 0.05) is 29.3 Å². The van der Waals surface area contributed by atoms with Gasteiger partial charge >= 0.3 is 0 Å². The van der Waals surface area contributed by atoms with E-state index in [-0.39, 0.29) is 5.91 Å². The molecule has 0 saturated carbocycles. The highest BCUT2D eigenvalue weighted by Crippen LogP contribution is 2.17. The zero-order valence-electron chi connectivity index (χ0n) is 13.8. The number of amides is 1. The quantitative estimate of drug-likeness (QED) is 0.552. The number of aryl methyl sites for hydroxylation is 2. The average molecular weight is 340 g/mol. The fourth-order valence-corrected chi connectivity index (χ4v) is 3.19. The van der Waals surface area contributed by atoms with Crippen LogP contribution in [0.25, 0.3) is 11.0 Å². The van der Waals surface area contributed by atoms with E-state index < -0.39 is 0 Å². The second-order valence-electron chi connectivity index (χ2n) is 5.53. The van der Waals surface area contributed by atoms with Gasteiger partial charge < -0.3 is 5.32 Å². The lowest BCUT2D eigenvalue weighted by Gasteiger charge is -2.06. The van der Waals surface area contributed by atoms with Crippen molar-refractivity contribution in [3.8, 4) is 0 Å². The van der Waals surface area contributed by atoms with Gasteiger partial charge in [-0.25, -0.2) is 4.68 Å². The monoisotopic (exact) mass is 340 g/mol. The van der Waals surface area contributed by atoms with E-state index >= 15 is 0 Å². The minimum Gasteiger partial charge on any atom is -0.351 e. The maximum absolute atomic E-state index is 12.2. The van der Waals surface area contributed by atoms with E-state index in [1.807, 2.05) is 23.7 Å². The molecule has 0 spiro atoms. The predicted octanol–water partition coefficient (Wildman–Crippen LogP) is 3.28. The van der Waals surface area contributed by atoms with Gasteiger partial charge in [-0.3, -0.25) is 4.79 Å². The molecule has 0 radical (unpaired) electrons. The van der Waals surface area contributed by atoms with Crippen molar-refractivity contribution in [2.24, 2.45) is 0 Å². The van der Waals surface area contributed by atoms with E-state index in [4.69, 9.17) is 0 Å². The summed E-state index contributed by atoms with van der Waals surface area (Å²) in [6.45, 7) is 5.47. The Bertz CT molecular complexity index is 842. The molecule has 124 valence electrons. The summed E-state index contributed by atoms with van der Waals surface area (Å²) in [6, 6.07) is 13.9. The lowest BCUT2D eigenvalue weighted by Crippen LogP contribution is -2.25. The first-order valence-corrected chi connectivity index (χ1v) is 8.97. The molecule has 3 rings (SSSR count). The van der Waals surface area contributed by atoms with Crippen LogP contribution in [0.4, 0.5) is 0 Å². The largest absolute Gasteiger partial charge is 0.351 e. The third-order valence-electron chi connectivity index (χ3n) is 3.75. The summed E-state index contributed by atoms with van der Waals surface area (Å²) in [4.78, 5) is 13.5. The summed E-state index contributed by atoms with van der Waals surface area (Å²) in [6.07, 6.45) is 0. The van der Waals surface area contributed by atoms with Crippen molar-refractivity contribution in [3.63, 3.8) is 0 Å². The Labute approximate surface area is 145 Å². The molecule has 0 aliphatic carbocycles. The Balaban J connectivity index is 1.54. The SMILES string of the molecule is CCn1nnc2cc(C(=O)NCCSc3ccc(C)cc3)ccc21.